The molecule has 478 valence electrons. The van der Waals surface area contributed by atoms with Gasteiger partial charge in [0.25, 0.3) is 0 Å². The van der Waals surface area contributed by atoms with Gasteiger partial charge in [0.15, 0.2) is 0 Å². The monoisotopic (exact) mass is 1200 g/mol. The van der Waals surface area contributed by atoms with E-state index in [0.29, 0.717) is 50.9 Å². The van der Waals surface area contributed by atoms with Crippen LogP contribution in [0.15, 0.2) is 30.3 Å². The molecule has 1 aromatic carbocycles. The van der Waals surface area contributed by atoms with Crippen molar-refractivity contribution in [3.8, 4) is 0 Å². The van der Waals surface area contributed by atoms with E-state index in [1.807, 2.05) is 0 Å². The molecular weight excluding hydrogens is 1110 g/mol. The number of nitrogens with two attached hydrogens (primary N) is 5. The molecule has 2 aliphatic rings. The molecule has 12 atom stereocenters. The summed E-state index contributed by atoms with van der Waals surface area (Å²) < 4.78 is 0. The maximum Gasteiger partial charge on any atom is 0.245 e. The molecule has 2 fully saturated rings. The summed E-state index contributed by atoms with van der Waals surface area (Å²) in [4.78, 5) is 155. The van der Waals surface area contributed by atoms with E-state index in [9.17, 15) is 63.0 Å². The van der Waals surface area contributed by atoms with Crippen LogP contribution in [0.25, 0.3) is 0 Å². The highest BCUT2D eigenvalue weighted by molar-refractivity contribution is 5.99. The summed E-state index contributed by atoms with van der Waals surface area (Å²) in [7, 11) is 0. The summed E-state index contributed by atoms with van der Waals surface area (Å²) in [5, 5.41) is 53.2. The Morgan fingerprint density at radius 1 is 0.541 bits per heavy atom. The van der Waals surface area contributed by atoms with E-state index in [2.05, 4.69) is 63.8 Å². The molecule has 30 heteroatoms. The lowest BCUT2D eigenvalue weighted by molar-refractivity contribution is -0.137. The van der Waals surface area contributed by atoms with Crippen LogP contribution in [0.3, 0.4) is 0 Å². The smallest absolute Gasteiger partial charge is 0.245 e. The van der Waals surface area contributed by atoms with Crippen LogP contribution in [0.1, 0.15) is 104 Å². The van der Waals surface area contributed by atoms with Crippen LogP contribution in [0.5, 0.6) is 0 Å². The standard InChI is InChI=1S/C55H95N17O13/c1-30(2)28-41-52(82)66-36(13-21-57)46(76)65-39(16-24-60)51(81)71-43(31(3)73)54(84)62-27-19-40(49(79)64-37(14-22-58)48(78)70-42(53(83)69-41)29-33-10-6-5-7-11-33)67-47(77)38(15-23-59)68-55(85)44(32(4)74)72-50(80)35(12-8-9-20-56)63-45(75)34-17-25-61-26-18-34/h5-7,10-11,30-32,34-44,61,73-74H,8-9,12-29,56-60H2,1-4H3,(H,62,84)(H,63,75)(H,64,79)(H,65,76)(H,66,82)(H,67,77)(H,68,85)(H,69,83)(H,70,78)(H,71,81)(H,72,80)/t31?,32?,35-,36-,37-,38-,39-,40-,41-,42+,43?,44-/m0/s1. The van der Waals surface area contributed by atoms with E-state index in [4.69, 9.17) is 28.7 Å². The Labute approximate surface area is 496 Å². The number of piperidine rings is 1. The van der Waals surface area contributed by atoms with Gasteiger partial charge in [-0.2, -0.15) is 0 Å². The topological polar surface area (TPSA) is 503 Å². The van der Waals surface area contributed by atoms with Crippen LogP contribution in [0.4, 0.5) is 0 Å². The van der Waals surface area contributed by atoms with Crippen molar-refractivity contribution in [2.24, 2.45) is 40.5 Å². The summed E-state index contributed by atoms with van der Waals surface area (Å²) in [6, 6.07) is -6.13. The highest BCUT2D eigenvalue weighted by atomic mass is 16.3. The largest absolute Gasteiger partial charge is 0.391 e. The number of rotatable bonds is 26. The first-order chi connectivity index (χ1) is 40.5. The van der Waals surface area contributed by atoms with Gasteiger partial charge in [-0.3, -0.25) is 52.7 Å². The number of carbonyl (C=O) groups is 11. The van der Waals surface area contributed by atoms with E-state index in [1.165, 1.54) is 13.8 Å². The molecule has 0 saturated carbocycles. The van der Waals surface area contributed by atoms with Gasteiger partial charge in [0.2, 0.25) is 65.0 Å². The number of carbonyl (C=O) groups excluding carboxylic acids is 11. The number of hydrogen-bond acceptors (Lipinski definition) is 19. The van der Waals surface area contributed by atoms with Crippen molar-refractivity contribution >= 4 is 65.0 Å². The lowest BCUT2D eigenvalue weighted by atomic mass is 9.96. The fourth-order valence-corrected chi connectivity index (χ4v) is 9.57. The Kier molecular flexibility index (Phi) is 32.5. The van der Waals surface area contributed by atoms with Gasteiger partial charge in [-0.25, -0.2) is 0 Å². The third kappa shape index (κ3) is 24.9. The zero-order valence-corrected chi connectivity index (χ0v) is 49.4. The molecule has 1 aromatic rings. The summed E-state index contributed by atoms with van der Waals surface area (Å²) in [6.45, 7) is 6.40. The molecule has 0 aromatic heterocycles. The average molecular weight is 1200 g/mol. The van der Waals surface area contributed by atoms with Gasteiger partial charge in [-0.05, 0) is 142 Å². The molecular formula is C55H95N17O13. The van der Waals surface area contributed by atoms with Gasteiger partial charge < -0.3 is 103 Å². The summed E-state index contributed by atoms with van der Waals surface area (Å²) in [5.41, 5.74) is 29.9. The highest BCUT2D eigenvalue weighted by Gasteiger charge is 2.38. The molecule has 3 rings (SSSR count). The van der Waals surface area contributed by atoms with E-state index in [-0.39, 0.29) is 88.9 Å². The van der Waals surface area contributed by atoms with Gasteiger partial charge in [0.05, 0.1) is 12.2 Å². The Hall–Kier alpha value is -6.93. The van der Waals surface area contributed by atoms with Gasteiger partial charge in [-0.1, -0.05) is 44.2 Å². The zero-order valence-electron chi connectivity index (χ0n) is 49.4. The van der Waals surface area contributed by atoms with Crippen molar-refractivity contribution in [3.05, 3.63) is 35.9 Å². The van der Waals surface area contributed by atoms with Gasteiger partial charge in [-0.15, -0.1) is 0 Å². The van der Waals surface area contributed by atoms with E-state index >= 15 is 0 Å². The minimum atomic E-state index is -1.69. The number of unbranched alkanes of at least 4 members (excludes halogenated alkanes) is 1. The summed E-state index contributed by atoms with van der Waals surface area (Å²) >= 11 is 0. The third-order valence-electron chi connectivity index (χ3n) is 14.4. The molecule has 0 bridgehead atoms. The minimum Gasteiger partial charge on any atom is -0.391 e. The molecule has 0 spiro atoms. The second kappa shape index (κ2) is 38.2. The lowest BCUT2D eigenvalue weighted by Crippen LogP contribution is -2.62. The van der Waals surface area contributed by atoms with Crippen molar-refractivity contribution in [2.45, 2.75) is 177 Å². The average Bonchev–Trinajstić information content (AvgIpc) is 3.69. The van der Waals surface area contributed by atoms with E-state index < -0.39 is 145 Å². The SMILES string of the molecule is CC(C)C[C@@H]1NC(=O)[C@@H](Cc2ccccc2)NC(=O)[C@H](CCN)NC(=O)[C@@H](NC(=O)[C@H](CCN)NC(=O)[C@@H](NC(=O)[C@H](CCCCN)NC(=O)C2CCNCC2)C(C)O)CCNC(=O)C(C(C)O)NC(=O)[C@H](CCN)NC(=O)[C@H](CCN)NC1=O. The molecule has 2 saturated heterocycles. The second-order valence-electron chi connectivity index (χ2n) is 22.0. The predicted molar refractivity (Wildman–Crippen MR) is 313 cm³/mol. The Morgan fingerprint density at radius 3 is 1.59 bits per heavy atom. The van der Waals surface area contributed by atoms with E-state index in [1.54, 1.807) is 44.2 Å². The molecule has 85 heavy (non-hydrogen) atoms. The molecule has 24 N–H and O–H groups in total. The summed E-state index contributed by atoms with van der Waals surface area (Å²) in [6.07, 6.45) is -2.24. The fraction of sp³-hybridized carbons (Fsp3) is 0.691. The maximum atomic E-state index is 14.6. The summed E-state index contributed by atoms with van der Waals surface area (Å²) in [5.74, 6) is -10.1. The van der Waals surface area contributed by atoms with Crippen molar-refractivity contribution in [2.75, 3.05) is 52.4 Å². The lowest BCUT2D eigenvalue weighted by Gasteiger charge is -2.29. The van der Waals surface area contributed by atoms with Crippen molar-refractivity contribution < 1.29 is 63.0 Å². The Morgan fingerprint density at radius 2 is 1.06 bits per heavy atom. The van der Waals surface area contributed by atoms with Gasteiger partial charge in [0.1, 0.15) is 60.4 Å². The van der Waals surface area contributed by atoms with Crippen LogP contribution in [-0.2, 0) is 59.2 Å². The van der Waals surface area contributed by atoms with Crippen molar-refractivity contribution in [1.29, 1.82) is 0 Å². The van der Waals surface area contributed by atoms with Crippen molar-refractivity contribution in [3.63, 3.8) is 0 Å². The van der Waals surface area contributed by atoms with Crippen LogP contribution in [0.2, 0.25) is 0 Å². The molecule has 2 aliphatic heterocycles. The molecule has 3 unspecified atom stereocenters. The first kappa shape index (κ1) is 72.3. The second-order valence-corrected chi connectivity index (χ2v) is 22.0. The number of benzene rings is 1. The first-order valence-electron chi connectivity index (χ1n) is 29.4. The molecule has 11 amide bonds. The number of aliphatic hydroxyl groups excluding tert-OH is 2. The molecule has 0 aliphatic carbocycles. The fourth-order valence-electron chi connectivity index (χ4n) is 9.57. The van der Waals surface area contributed by atoms with Gasteiger partial charge >= 0.3 is 0 Å². The van der Waals surface area contributed by atoms with Crippen LogP contribution >= 0.6 is 0 Å². The van der Waals surface area contributed by atoms with Crippen LogP contribution < -0.4 is 92.5 Å². The number of amides is 11. The highest BCUT2D eigenvalue weighted by Crippen LogP contribution is 2.15. The number of aliphatic hydroxyl groups is 2. The maximum absolute atomic E-state index is 14.6. The Balaban J connectivity index is 2.09. The predicted octanol–water partition coefficient (Wildman–Crippen LogP) is -7.07. The first-order valence-corrected chi connectivity index (χ1v) is 29.4. The number of hydrogen-bond donors (Lipinski definition) is 19. The van der Waals surface area contributed by atoms with Crippen LogP contribution in [-0.4, -0.2) is 200 Å². The van der Waals surface area contributed by atoms with Gasteiger partial charge in [0, 0.05) is 18.9 Å². The zero-order chi connectivity index (χ0) is 63.2. The third-order valence-corrected chi connectivity index (χ3v) is 14.4. The normalized spacial score (nSPS) is 23.8. The molecule has 30 nitrogen and oxygen atoms in total. The van der Waals surface area contributed by atoms with Crippen LogP contribution in [0, 0.1) is 11.8 Å². The van der Waals surface area contributed by atoms with E-state index in [0.717, 1.165) is 0 Å². The molecule has 2 heterocycles. The number of nitrogens with one attached hydrogen (secondary N) is 12. The van der Waals surface area contributed by atoms with Crippen molar-refractivity contribution in [1.82, 2.24) is 63.8 Å². The minimum absolute atomic E-state index is 0.0458. The quantitative estimate of drug-likeness (QED) is 0.0383. The molecule has 0 radical (unpaired) electrons. The Bertz CT molecular complexity index is 2350.